The van der Waals surface area contributed by atoms with Crippen molar-refractivity contribution in [2.45, 2.75) is 12.3 Å². The normalized spacial score (nSPS) is 20.2. The van der Waals surface area contributed by atoms with Gasteiger partial charge in [0.1, 0.15) is 5.75 Å². The quantitative estimate of drug-likeness (QED) is 0.814. The van der Waals surface area contributed by atoms with Crippen molar-refractivity contribution in [2.75, 3.05) is 20.2 Å². The fraction of sp³-hybridized carbons (Fsp3) is 0.455. The Morgan fingerprint density at radius 1 is 1.43 bits per heavy atom. The van der Waals surface area contributed by atoms with E-state index in [1.807, 2.05) is 6.07 Å². The Kier molecular flexibility index (Phi) is 4.23. The van der Waals surface area contributed by atoms with Crippen LogP contribution in [0.15, 0.2) is 24.3 Å². The molecule has 1 aromatic rings. The molecule has 1 aromatic carbocycles. The highest BCUT2D eigenvalue weighted by molar-refractivity contribution is 5.85. The fourth-order valence-electron chi connectivity index (χ4n) is 1.83. The van der Waals surface area contributed by atoms with Gasteiger partial charge in [-0.15, -0.1) is 12.4 Å². The summed E-state index contributed by atoms with van der Waals surface area (Å²) in [6, 6.07) is 8.37. The number of methoxy groups -OCH3 is 1. The number of ether oxygens (including phenoxy) is 1. The average Bonchev–Trinajstić information content (AvgIpc) is 2.71. The van der Waals surface area contributed by atoms with E-state index in [1.54, 1.807) is 7.11 Å². The highest BCUT2D eigenvalue weighted by atomic mass is 35.5. The molecule has 0 unspecified atom stereocenters. The van der Waals surface area contributed by atoms with Gasteiger partial charge in [-0.3, -0.25) is 0 Å². The first-order chi connectivity index (χ1) is 6.40. The van der Waals surface area contributed by atoms with Crippen LogP contribution in [0, 0.1) is 0 Å². The Balaban J connectivity index is 0.000000980. The van der Waals surface area contributed by atoms with Crippen LogP contribution in [0.25, 0.3) is 0 Å². The number of nitrogens with one attached hydrogen (secondary N) is 1. The lowest BCUT2D eigenvalue weighted by Crippen LogP contribution is -2.07. The standard InChI is InChI=1S/C11H15NO.ClH/c1-13-11-4-2-3-9(7-11)10-5-6-12-8-10;/h2-4,7,10,12H,5-6,8H2,1H3;1H/t10-;/m1./s1. The SMILES string of the molecule is COc1cccc([C@@H]2CCNC2)c1.Cl. The van der Waals surface area contributed by atoms with Crippen LogP contribution in [0.1, 0.15) is 17.9 Å². The lowest BCUT2D eigenvalue weighted by Gasteiger charge is -2.09. The molecule has 1 fully saturated rings. The molecule has 78 valence electrons. The smallest absolute Gasteiger partial charge is 0.119 e. The van der Waals surface area contributed by atoms with Crippen molar-refractivity contribution in [1.82, 2.24) is 5.32 Å². The Morgan fingerprint density at radius 2 is 2.29 bits per heavy atom. The molecule has 2 rings (SSSR count). The van der Waals surface area contributed by atoms with Crippen LogP contribution in [0.2, 0.25) is 0 Å². The van der Waals surface area contributed by atoms with E-state index in [4.69, 9.17) is 4.74 Å². The van der Waals surface area contributed by atoms with Gasteiger partial charge in [0.15, 0.2) is 0 Å². The second-order valence-corrected chi connectivity index (χ2v) is 3.47. The summed E-state index contributed by atoms with van der Waals surface area (Å²) in [5.41, 5.74) is 1.39. The number of benzene rings is 1. The van der Waals surface area contributed by atoms with Gasteiger partial charge >= 0.3 is 0 Å². The summed E-state index contributed by atoms with van der Waals surface area (Å²) in [6.07, 6.45) is 1.24. The van der Waals surface area contributed by atoms with Gasteiger partial charge in [0, 0.05) is 6.54 Å². The monoisotopic (exact) mass is 213 g/mol. The molecule has 0 spiro atoms. The average molecular weight is 214 g/mol. The van der Waals surface area contributed by atoms with Crippen molar-refractivity contribution in [2.24, 2.45) is 0 Å². The van der Waals surface area contributed by atoms with Crippen molar-refractivity contribution in [3.8, 4) is 5.75 Å². The van der Waals surface area contributed by atoms with Crippen LogP contribution in [0.3, 0.4) is 0 Å². The summed E-state index contributed by atoms with van der Waals surface area (Å²) in [7, 11) is 1.71. The van der Waals surface area contributed by atoms with E-state index in [9.17, 15) is 0 Å². The van der Waals surface area contributed by atoms with Crippen LogP contribution in [-0.2, 0) is 0 Å². The zero-order chi connectivity index (χ0) is 9.10. The number of hydrogen-bond acceptors (Lipinski definition) is 2. The van der Waals surface area contributed by atoms with Gasteiger partial charge in [-0.2, -0.15) is 0 Å². The van der Waals surface area contributed by atoms with E-state index >= 15 is 0 Å². The van der Waals surface area contributed by atoms with Crippen molar-refractivity contribution in [3.05, 3.63) is 29.8 Å². The van der Waals surface area contributed by atoms with Gasteiger partial charge < -0.3 is 10.1 Å². The van der Waals surface area contributed by atoms with E-state index in [1.165, 1.54) is 12.0 Å². The van der Waals surface area contributed by atoms with E-state index in [0.717, 1.165) is 18.8 Å². The molecule has 0 saturated carbocycles. The number of hydrogen-bond donors (Lipinski definition) is 1. The maximum atomic E-state index is 5.19. The molecule has 0 aliphatic carbocycles. The maximum absolute atomic E-state index is 5.19. The number of halogens is 1. The minimum atomic E-state index is 0. The first-order valence-corrected chi connectivity index (χ1v) is 4.75. The zero-order valence-electron chi connectivity index (χ0n) is 8.32. The Hall–Kier alpha value is -0.730. The molecule has 1 aliphatic heterocycles. The molecule has 14 heavy (non-hydrogen) atoms. The van der Waals surface area contributed by atoms with Crippen LogP contribution in [0.5, 0.6) is 5.75 Å². The molecule has 0 amide bonds. The second-order valence-electron chi connectivity index (χ2n) is 3.47. The van der Waals surface area contributed by atoms with E-state index in [-0.39, 0.29) is 12.4 Å². The maximum Gasteiger partial charge on any atom is 0.119 e. The predicted molar refractivity (Wildman–Crippen MR) is 60.5 cm³/mol. The summed E-state index contributed by atoms with van der Waals surface area (Å²) >= 11 is 0. The molecule has 1 N–H and O–H groups in total. The highest BCUT2D eigenvalue weighted by Gasteiger charge is 2.16. The van der Waals surface area contributed by atoms with Gasteiger partial charge in [0.2, 0.25) is 0 Å². The van der Waals surface area contributed by atoms with Gasteiger partial charge in [0.25, 0.3) is 0 Å². The van der Waals surface area contributed by atoms with E-state index in [0.29, 0.717) is 5.92 Å². The zero-order valence-corrected chi connectivity index (χ0v) is 9.14. The Labute approximate surface area is 91.1 Å². The van der Waals surface area contributed by atoms with Gasteiger partial charge in [0.05, 0.1) is 7.11 Å². The van der Waals surface area contributed by atoms with Crippen molar-refractivity contribution in [3.63, 3.8) is 0 Å². The highest BCUT2D eigenvalue weighted by Crippen LogP contribution is 2.25. The summed E-state index contributed by atoms with van der Waals surface area (Å²) in [5.74, 6) is 1.64. The molecular weight excluding hydrogens is 198 g/mol. The lowest BCUT2D eigenvalue weighted by molar-refractivity contribution is 0.414. The van der Waals surface area contributed by atoms with Crippen LogP contribution >= 0.6 is 12.4 Å². The summed E-state index contributed by atoms with van der Waals surface area (Å²) in [6.45, 7) is 2.25. The largest absolute Gasteiger partial charge is 0.497 e. The third-order valence-electron chi connectivity index (χ3n) is 2.63. The molecule has 0 radical (unpaired) electrons. The molecule has 0 aromatic heterocycles. The number of rotatable bonds is 2. The summed E-state index contributed by atoms with van der Waals surface area (Å²) in [4.78, 5) is 0. The van der Waals surface area contributed by atoms with Crippen LogP contribution in [-0.4, -0.2) is 20.2 Å². The van der Waals surface area contributed by atoms with E-state index < -0.39 is 0 Å². The molecule has 2 nitrogen and oxygen atoms in total. The van der Waals surface area contributed by atoms with Gasteiger partial charge in [-0.25, -0.2) is 0 Å². The van der Waals surface area contributed by atoms with Crippen LogP contribution < -0.4 is 10.1 Å². The second kappa shape index (κ2) is 5.23. The molecule has 0 bridgehead atoms. The molecule has 1 aliphatic rings. The first kappa shape index (κ1) is 11.3. The minimum absolute atomic E-state index is 0. The fourth-order valence-corrected chi connectivity index (χ4v) is 1.83. The summed E-state index contributed by atoms with van der Waals surface area (Å²) < 4.78 is 5.19. The first-order valence-electron chi connectivity index (χ1n) is 4.75. The predicted octanol–water partition coefficient (Wildman–Crippen LogP) is 2.19. The van der Waals surface area contributed by atoms with Crippen molar-refractivity contribution >= 4 is 12.4 Å². The molecular formula is C11H16ClNO. The van der Waals surface area contributed by atoms with E-state index in [2.05, 4.69) is 23.5 Å². The molecule has 1 heterocycles. The molecule has 1 atom stereocenters. The van der Waals surface area contributed by atoms with Crippen molar-refractivity contribution < 1.29 is 4.74 Å². The Morgan fingerprint density at radius 3 is 2.93 bits per heavy atom. The third kappa shape index (κ3) is 2.40. The Bertz CT molecular complexity index is 284. The van der Waals surface area contributed by atoms with Crippen LogP contribution in [0.4, 0.5) is 0 Å². The van der Waals surface area contributed by atoms with Crippen molar-refractivity contribution in [1.29, 1.82) is 0 Å². The van der Waals surface area contributed by atoms with Gasteiger partial charge in [-0.1, -0.05) is 12.1 Å². The minimum Gasteiger partial charge on any atom is -0.497 e. The summed E-state index contributed by atoms with van der Waals surface area (Å²) in [5, 5.41) is 3.37. The lowest BCUT2D eigenvalue weighted by atomic mass is 9.98. The topological polar surface area (TPSA) is 21.3 Å². The third-order valence-corrected chi connectivity index (χ3v) is 2.63. The van der Waals surface area contributed by atoms with Gasteiger partial charge in [-0.05, 0) is 36.6 Å². The molecule has 1 saturated heterocycles. The molecule has 3 heteroatoms.